The van der Waals surface area contributed by atoms with Crippen molar-refractivity contribution >= 4 is 17.7 Å². The van der Waals surface area contributed by atoms with Crippen LogP contribution in [0.2, 0.25) is 0 Å². The minimum absolute atomic E-state index is 0.0668. The summed E-state index contributed by atoms with van der Waals surface area (Å²) in [6, 6.07) is 22.6. The molecule has 0 N–H and O–H groups in total. The third-order valence-corrected chi connectivity index (χ3v) is 5.84. The number of nitrogens with zero attached hydrogens (tertiary/aromatic N) is 2. The Labute approximate surface area is 211 Å². The van der Waals surface area contributed by atoms with E-state index < -0.39 is 0 Å². The summed E-state index contributed by atoms with van der Waals surface area (Å²) in [4.78, 5) is 14.7. The second-order valence-corrected chi connectivity index (χ2v) is 8.15. The molecule has 3 aromatic rings. The lowest BCUT2D eigenvalue weighted by atomic mass is 10.1. The Morgan fingerprint density at radius 1 is 0.944 bits per heavy atom. The minimum atomic E-state index is -0.308. The summed E-state index contributed by atoms with van der Waals surface area (Å²) in [5, 5.41) is 9.68. The van der Waals surface area contributed by atoms with Crippen LogP contribution in [-0.2, 0) is 11.2 Å². The second kappa shape index (κ2) is 11.8. The molecule has 7 nitrogen and oxygen atoms in total. The number of ether oxygens (including phenoxy) is 4. The molecular formula is C29H28N2O5. The number of anilines is 1. The quantitative estimate of drug-likeness (QED) is 0.228. The standard InChI is InChI=1S/C29H28N2O5/c1-33-24-8-5-9-25(19-24)35-15-6-16-36-27-12-11-21(18-28(27)34-2)17-23(20-30)29(32)31-14-13-22-7-3-4-10-26(22)31/h3-5,7-12,17-19H,6,13-16H2,1-2H3/b23-17+. The highest BCUT2D eigenvalue weighted by atomic mass is 16.5. The highest BCUT2D eigenvalue weighted by molar-refractivity contribution is 6.12. The van der Waals surface area contributed by atoms with Crippen molar-refractivity contribution in [1.82, 2.24) is 0 Å². The van der Waals surface area contributed by atoms with Crippen LogP contribution >= 0.6 is 0 Å². The van der Waals surface area contributed by atoms with E-state index in [9.17, 15) is 10.1 Å². The first-order valence-electron chi connectivity index (χ1n) is 11.7. The summed E-state index contributed by atoms with van der Waals surface area (Å²) >= 11 is 0. The summed E-state index contributed by atoms with van der Waals surface area (Å²) in [6.07, 6.45) is 3.04. The molecule has 1 aliphatic rings. The summed E-state index contributed by atoms with van der Waals surface area (Å²) < 4.78 is 22.3. The van der Waals surface area contributed by atoms with Crippen molar-refractivity contribution in [2.24, 2.45) is 0 Å². The molecule has 3 aromatic carbocycles. The molecule has 0 atom stereocenters. The maximum atomic E-state index is 13.1. The van der Waals surface area contributed by atoms with Crippen molar-refractivity contribution in [1.29, 1.82) is 5.26 Å². The van der Waals surface area contributed by atoms with Crippen LogP contribution in [0.5, 0.6) is 23.0 Å². The second-order valence-electron chi connectivity index (χ2n) is 8.15. The van der Waals surface area contributed by atoms with Gasteiger partial charge in [-0.05, 0) is 54.0 Å². The molecule has 0 bridgehead atoms. The Kier molecular flexibility index (Phi) is 8.09. The molecule has 0 radical (unpaired) electrons. The number of benzene rings is 3. The Balaban J connectivity index is 1.36. The molecule has 0 saturated heterocycles. The Morgan fingerprint density at radius 2 is 1.75 bits per heavy atom. The van der Waals surface area contributed by atoms with Gasteiger partial charge in [0.25, 0.3) is 5.91 Å². The van der Waals surface area contributed by atoms with Crippen LogP contribution in [0.25, 0.3) is 6.08 Å². The van der Waals surface area contributed by atoms with Gasteiger partial charge in [-0.15, -0.1) is 0 Å². The number of para-hydroxylation sites is 1. The Hall–Kier alpha value is -4.44. The fourth-order valence-corrected chi connectivity index (χ4v) is 4.02. The molecule has 36 heavy (non-hydrogen) atoms. The number of amides is 1. The van der Waals surface area contributed by atoms with E-state index in [1.165, 1.54) is 0 Å². The predicted octanol–water partition coefficient (Wildman–Crippen LogP) is 5.05. The van der Waals surface area contributed by atoms with Crippen LogP contribution in [0.3, 0.4) is 0 Å². The number of fused-ring (bicyclic) bond motifs is 1. The van der Waals surface area contributed by atoms with Gasteiger partial charge in [-0.2, -0.15) is 5.26 Å². The molecule has 0 aromatic heterocycles. The minimum Gasteiger partial charge on any atom is -0.497 e. The van der Waals surface area contributed by atoms with E-state index in [-0.39, 0.29) is 11.5 Å². The molecule has 0 aliphatic carbocycles. The molecule has 0 unspecified atom stereocenters. The van der Waals surface area contributed by atoms with E-state index in [2.05, 4.69) is 6.07 Å². The van der Waals surface area contributed by atoms with Crippen LogP contribution in [0, 0.1) is 11.3 Å². The zero-order valence-electron chi connectivity index (χ0n) is 20.4. The van der Waals surface area contributed by atoms with Gasteiger partial charge in [-0.1, -0.05) is 30.3 Å². The number of hydrogen-bond acceptors (Lipinski definition) is 6. The SMILES string of the molecule is COc1cccc(OCCCOc2ccc(/C=C(\C#N)C(=O)N3CCc4ccccc43)cc2OC)c1. The van der Waals surface area contributed by atoms with Crippen molar-refractivity contribution in [3.63, 3.8) is 0 Å². The molecule has 7 heteroatoms. The number of rotatable bonds is 10. The molecule has 1 aliphatic heterocycles. The fourth-order valence-electron chi connectivity index (χ4n) is 4.02. The number of hydrogen-bond donors (Lipinski definition) is 0. The van der Waals surface area contributed by atoms with E-state index in [1.807, 2.05) is 48.5 Å². The van der Waals surface area contributed by atoms with E-state index in [1.54, 1.807) is 43.4 Å². The number of carbonyl (C=O) groups excluding carboxylic acids is 1. The van der Waals surface area contributed by atoms with Crippen molar-refractivity contribution in [3.8, 4) is 29.1 Å². The lowest BCUT2D eigenvalue weighted by Crippen LogP contribution is -2.29. The van der Waals surface area contributed by atoms with Gasteiger partial charge < -0.3 is 23.8 Å². The van der Waals surface area contributed by atoms with Crippen LogP contribution in [-0.4, -0.2) is 39.9 Å². The zero-order chi connectivity index (χ0) is 25.3. The average molecular weight is 485 g/mol. The molecule has 0 fully saturated rings. The molecule has 0 spiro atoms. The number of methoxy groups -OCH3 is 2. The monoisotopic (exact) mass is 484 g/mol. The highest BCUT2D eigenvalue weighted by Gasteiger charge is 2.26. The van der Waals surface area contributed by atoms with Gasteiger partial charge in [0.1, 0.15) is 23.1 Å². The first-order valence-corrected chi connectivity index (χ1v) is 11.7. The summed E-state index contributed by atoms with van der Waals surface area (Å²) in [7, 11) is 3.17. The third kappa shape index (κ3) is 5.78. The van der Waals surface area contributed by atoms with Crippen molar-refractivity contribution in [2.45, 2.75) is 12.8 Å². The van der Waals surface area contributed by atoms with Crippen LogP contribution in [0.1, 0.15) is 17.5 Å². The maximum Gasteiger partial charge on any atom is 0.268 e. The predicted molar refractivity (Wildman–Crippen MR) is 138 cm³/mol. The van der Waals surface area contributed by atoms with Gasteiger partial charge in [-0.3, -0.25) is 4.79 Å². The van der Waals surface area contributed by atoms with E-state index in [4.69, 9.17) is 18.9 Å². The van der Waals surface area contributed by atoms with E-state index >= 15 is 0 Å². The summed E-state index contributed by atoms with van der Waals surface area (Å²) in [6.45, 7) is 1.49. The topological polar surface area (TPSA) is 81.0 Å². The molecule has 1 amide bonds. The van der Waals surface area contributed by atoms with Gasteiger partial charge in [0.2, 0.25) is 0 Å². The van der Waals surface area contributed by atoms with Gasteiger partial charge in [0.05, 0.1) is 27.4 Å². The lowest BCUT2D eigenvalue weighted by Gasteiger charge is -2.16. The van der Waals surface area contributed by atoms with Crippen molar-refractivity contribution in [2.75, 3.05) is 38.9 Å². The van der Waals surface area contributed by atoms with Crippen molar-refractivity contribution < 1.29 is 23.7 Å². The van der Waals surface area contributed by atoms with Gasteiger partial charge in [0, 0.05) is 24.7 Å². The molecule has 1 heterocycles. The third-order valence-electron chi connectivity index (χ3n) is 5.84. The highest BCUT2D eigenvalue weighted by Crippen LogP contribution is 2.31. The maximum absolute atomic E-state index is 13.1. The first-order chi connectivity index (χ1) is 17.6. The smallest absolute Gasteiger partial charge is 0.268 e. The normalized spacial score (nSPS) is 12.5. The molecule has 4 rings (SSSR count). The van der Waals surface area contributed by atoms with Crippen LogP contribution in [0.15, 0.2) is 72.3 Å². The molecule has 0 saturated carbocycles. The lowest BCUT2D eigenvalue weighted by molar-refractivity contribution is -0.114. The van der Waals surface area contributed by atoms with Gasteiger partial charge in [-0.25, -0.2) is 0 Å². The zero-order valence-corrected chi connectivity index (χ0v) is 20.4. The molecule has 184 valence electrons. The Morgan fingerprint density at radius 3 is 2.56 bits per heavy atom. The number of carbonyl (C=O) groups is 1. The fraction of sp³-hybridized carbons (Fsp3) is 0.241. The van der Waals surface area contributed by atoms with Gasteiger partial charge >= 0.3 is 0 Å². The van der Waals surface area contributed by atoms with Crippen molar-refractivity contribution in [3.05, 3.63) is 83.4 Å². The first kappa shape index (κ1) is 24.7. The van der Waals surface area contributed by atoms with E-state index in [0.717, 1.165) is 29.2 Å². The van der Waals surface area contributed by atoms with E-state index in [0.29, 0.717) is 43.2 Å². The average Bonchev–Trinajstić information content (AvgIpc) is 3.36. The Bertz CT molecular complexity index is 1290. The summed E-state index contributed by atoms with van der Waals surface area (Å²) in [5.41, 5.74) is 2.72. The number of nitriles is 1. The molecular weight excluding hydrogens is 456 g/mol. The van der Waals surface area contributed by atoms with Crippen LogP contribution in [0.4, 0.5) is 5.69 Å². The van der Waals surface area contributed by atoms with Crippen LogP contribution < -0.4 is 23.8 Å². The summed E-state index contributed by atoms with van der Waals surface area (Å²) in [5.74, 6) is 2.28. The van der Waals surface area contributed by atoms with Gasteiger partial charge in [0.15, 0.2) is 11.5 Å². The largest absolute Gasteiger partial charge is 0.497 e.